The van der Waals surface area contributed by atoms with Crippen molar-refractivity contribution in [1.29, 1.82) is 0 Å². The number of aromatic nitrogens is 1. The van der Waals surface area contributed by atoms with Gasteiger partial charge in [-0.15, -0.1) is 0 Å². The second-order valence-corrected chi connectivity index (χ2v) is 8.70. The van der Waals surface area contributed by atoms with Gasteiger partial charge in [-0.25, -0.2) is 18.6 Å². The topological polar surface area (TPSA) is 71.5 Å². The van der Waals surface area contributed by atoms with Crippen LogP contribution in [0.5, 0.6) is 5.75 Å². The van der Waals surface area contributed by atoms with Crippen molar-refractivity contribution in [2.75, 3.05) is 5.32 Å². The van der Waals surface area contributed by atoms with Crippen molar-refractivity contribution in [1.82, 2.24) is 4.98 Å². The third-order valence-electron chi connectivity index (χ3n) is 5.91. The first-order valence-corrected chi connectivity index (χ1v) is 12.2. The highest BCUT2D eigenvalue weighted by molar-refractivity contribution is 5.81. The number of benzene rings is 3. The van der Waals surface area contributed by atoms with E-state index in [1.54, 1.807) is 18.2 Å². The molecule has 2 N–H and O–H groups in total. The number of fused-ring (bicyclic) bond motifs is 1. The highest BCUT2D eigenvalue weighted by Gasteiger charge is 2.20. The Morgan fingerprint density at radius 2 is 1.84 bits per heavy atom. The first-order valence-electron chi connectivity index (χ1n) is 12.2. The van der Waals surface area contributed by atoms with E-state index in [1.807, 2.05) is 61.5 Å². The smallest absolute Gasteiger partial charge is 0.344 e. The third kappa shape index (κ3) is 6.91. The van der Waals surface area contributed by atoms with Gasteiger partial charge in [-0.2, -0.15) is 0 Å². The Morgan fingerprint density at radius 1 is 1.03 bits per heavy atom. The minimum atomic E-state index is -0.964. The number of carboxylic acids is 1. The molecule has 0 aliphatic rings. The lowest BCUT2D eigenvalue weighted by Crippen LogP contribution is -2.27. The Bertz CT molecular complexity index is 1420. The molecule has 0 aliphatic heterocycles. The number of aliphatic carboxylic acids is 1. The van der Waals surface area contributed by atoms with E-state index in [9.17, 15) is 18.7 Å². The number of para-hydroxylation sites is 1. The van der Waals surface area contributed by atoms with E-state index in [4.69, 9.17) is 4.74 Å². The molecule has 7 heteroatoms. The number of nitrogens with one attached hydrogen (secondary N) is 1. The number of carbonyl (C=O) groups is 1. The summed E-state index contributed by atoms with van der Waals surface area (Å²) in [5.74, 6) is -2.23. The Morgan fingerprint density at radius 3 is 2.65 bits per heavy atom. The summed E-state index contributed by atoms with van der Waals surface area (Å²) in [5, 5.41) is 13.4. The van der Waals surface area contributed by atoms with E-state index in [-0.39, 0.29) is 0 Å². The van der Waals surface area contributed by atoms with Crippen molar-refractivity contribution in [3.63, 3.8) is 0 Å². The largest absolute Gasteiger partial charge is 0.479 e. The number of nitrogens with zero attached hydrogens (tertiary/aromatic N) is 1. The highest BCUT2D eigenvalue weighted by Crippen LogP contribution is 2.23. The molecule has 37 heavy (non-hydrogen) atoms. The lowest BCUT2D eigenvalue weighted by Gasteiger charge is -2.18. The van der Waals surface area contributed by atoms with Crippen LogP contribution in [0.4, 0.5) is 14.5 Å². The lowest BCUT2D eigenvalue weighted by molar-refractivity contribution is -0.145. The van der Waals surface area contributed by atoms with Gasteiger partial charge in [0, 0.05) is 29.2 Å². The van der Waals surface area contributed by atoms with Crippen LogP contribution in [0, 0.1) is 11.6 Å². The van der Waals surface area contributed by atoms with Gasteiger partial charge in [-0.05, 0) is 54.8 Å². The zero-order valence-corrected chi connectivity index (χ0v) is 20.5. The zero-order chi connectivity index (χ0) is 26.2. The van der Waals surface area contributed by atoms with Gasteiger partial charge >= 0.3 is 5.97 Å². The summed E-state index contributed by atoms with van der Waals surface area (Å²) >= 11 is 0. The van der Waals surface area contributed by atoms with Crippen molar-refractivity contribution in [2.24, 2.45) is 0 Å². The number of halogens is 2. The molecule has 1 aromatic heterocycles. The first-order chi connectivity index (χ1) is 17.9. The van der Waals surface area contributed by atoms with E-state index in [2.05, 4.69) is 10.3 Å². The summed E-state index contributed by atoms with van der Waals surface area (Å²) in [5.41, 5.74) is 3.67. The van der Waals surface area contributed by atoms with Crippen LogP contribution in [0.25, 0.3) is 23.1 Å². The van der Waals surface area contributed by atoms with E-state index >= 15 is 0 Å². The molecule has 4 rings (SSSR count). The molecule has 0 bridgehead atoms. The van der Waals surface area contributed by atoms with Crippen LogP contribution in [-0.4, -0.2) is 22.2 Å². The Labute approximate surface area is 214 Å². The quantitative estimate of drug-likeness (QED) is 0.225. The van der Waals surface area contributed by atoms with Crippen molar-refractivity contribution in [3.05, 3.63) is 101 Å². The molecule has 1 atom stereocenters. The molecule has 0 radical (unpaired) electrons. The molecule has 0 fully saturated rings. The molecule has 1 unspecified atom stereocenters. The lowest BCUT2D eigenvalue weighted by atomic mass is 10.1. The average molecular weight is 503 g/mol. The van der Waals surface area contributed by atoms with E-state index in [0.717, 1.165) is 41.8 Å². The molecule has 3 aromatic carbocycles. The van der Waals surface area contributed by atoms with Crippen molar-refractivity contribution >= 4 is 34.7 Å². The Balaban J connectivity index is 1.44. The number of hydrogen-bond donors (Lipinski definition) is 2. The standard InChI is InChI=1S/C30H28F2N2O3/c1-2-3-10-29(30(35)36)37-28-11-5-4-8-22(28)19-33-24-9-6-7-20(16-24)12-14-23-15-13-21-17-25(31)26(32)18-27(21)34-23/h4-9,11-18,29,33H,2-3,10,19H2,1H3,(H,35,36). The van der Waals surface area contributed by atoms with Gasteiger partial charge in [0.2, 0.25) is 0 Å². The van der Waals surface area contributed by atoms with Gasteiger partial charge in [0.25, 0.3) is 0 Å². The summed E-state index contributed by atoms with van der Waals surface area (Å²) < 4.78 is 32.8. The minimum absolute atomic E-state index is 0.386. The molecular formula is C30H28F2N2O3. The highest BCUT2D eigenvalue weighted by atomic mass is 19.2. The predicted octanol–water partition coefficient (Wildman–Crippen LogP) is 7.32. The van der Waals surface area contributed by atoms with Gasteiger partial charge in [-0.3, -0.25) is 0 Å². The molecule has 0 aliphatic carbocycles. The molecule has 5 nitrogen and oxygen atoms in total. The van der Waals surface area contributed by atoms with Gasteiger partial charge in [0.1, 0.15) is 5.75 Å². The summed E-state index contributed by atoms with van der Waals surface area (Å²) in [6, 6.07) is 20.9. The van der Waals surface area contributed by atoms with Crippen molar-refractivity contribution in [2.45, 2.75) is 38.8 Å². The number of hydrogen-bond acceptors (Lipinski definition) is 4. The second kappa shape index (κ2) is 12.1. The predicted molar refractivity (Wildman–Crippen MR) is 142 cm³/mol. The van der Waals surface area contributed by atoms with E-state index in [0.29, 0.717) is 35.3 Å². The molecule has 0 saturated carbocycles. The van der Waals surface area contributed by atoms with Crippen molar-refractivity contribution in [3.8, 4) is 5.75 Å². The van der Waals surface area contributed by atoms with Crippen LogP contribution < -0.4 is 10.1 Å². The molecule has 0 amide bonds. The maximum atomic E-state index is 13.6. The van der Waals surface area contributed by atoms with Gasteiger partial charge < -0.3 is 15.2 Å². The third-order valence-corrected chi connectivity index (χ3v) is 5.91. The van der Waals surface area contributed by atoms with Crippen LogP contribution in [0.1, 0.15) is 43.0 Å². The van der Waals surface area contributed by atoms with E-state index < -0.39 is 23.7 Å². The van der Waals surface area contributed by atoms with Crippen LogP contribution in [0.2, 0.25) is 0 Å². The second-order valence-electron chi connectivity index (χ2n) is 8.70. The summed E-state index contributed by atoms with van der Waals surface area (Å²) in [6.45, 7) is 2.47. The fourth-order valence-electron chi connectivity index (χ4n) is 3.90. The summed E-state index contributed by atoms with van der Waals surface area (Å²) in [4.78, 5) is 16.0. The molecule has 190 valence electrons. The number of rotatable bonds is 11. The Hall–Kier alpha value is -4.26. The molecule has 1 heterocycles. The zero-order valence-electron chi connectivity index (χ0n) is 20.5. The fourth-order valence-corrected chi connectivity index (χ4v) is 3.90. The maximum Gasteiger partial charge on any atom is 0.344 e. The molecule has 0 spiro atoms. The van der Waals surface area contributed by atoms with Crippen LogP contribution >= 0.6 is 0 Å². The molecule has 4 aromatic rings. The van der Waals surface area contributed by atoms with E-state index in [1.165, 1.54) is 0 Å². The monoisotopic (exact) mass is 502 g/mol. The van der Waals surface area contributed by atoms with Crippen LogP contribution in [-0.2, 0) is 11.3 Å². The number of pyridine rings is 1. The number of anilines is 1. The van der Waals surface area contributed by atoms with Gasteiger partial charge in [0.05, 0.1) is 11.2 Å². The summed E-state index contributed by atoms with van der Waals surface area (Å²) in [7, 11) is 0. The average Bonchev–Trinajstić information content (AvgIpc) is 2.90. The minimum Gasteiger partial charge on any atom is -0.479 e. The van der Waals surface area contributed by atoms with Gasteiger partial charge in [0.15, 0.2) is 17.7 Å². The van der Waals surface area contributed by atoms with Crippen LogP contribution in [0.15, 0.2) is 72.8 Å². The molecular weight excluding hydrogens is 474 g/mol. The number of ether oxygens (including phenoxy) is 1. The normalized spacial score (nSPS) is 12.1. The summed E-state index contributed by atoms with van der Waals surface area (Å²) in [6.07, 6.45) is 4.96. The van der Waals surface area contributed by atoms with Crippen molar-refractivity contribution < 1.29 is 23.4 Å². The number of carboxylic acid groups (broad SMARTS) is 1. The van der Waals surface area contributed by atoms with Gasteiger partial charge in [-0.1, -0.05) is 55.8 Å². The van der Waals surface area contributed by atoms with Crippen LogP contribution in [0.3, 0.4) is 0 Å². The number of unbranched alkanes of at least 4 members (excludes halogenated alkanes) is 1. The molecule has 0 saturated heterocycles. The first kappa shape index (κ1) is 25.8. The Kier molecular flexibility index (Phi) is 8.46. The SMILES string of the molecule is CCCCC(Oc1ccccc1CNc1cccc(C=Cc2ccc3cc(F)c(F)cc3n2)c1)C(=O)O. The maximum absolute atomic E-state index is 13.6. The fraction of sp³-hybridized carbons (Fsp3) is 0.200.